The summed E-state index contributed by atoms with van der Waals surface area (Å²) in [6.45, 7) is 1.45. The minimum Gasteiger partial charge on any atom is -0.262 e. The Balaban J connectivity index is 2.97. The summed E-state index contributed by atoms with van der Waals surface area (Å²) in [7, 11) is -3.60. The molecule has 1 unspecified atom stereocenters. The van der Waals surface area contributed by atoms with Gasteiger partial charge in [-0.05, 0) is 19.1 Å². The van der Waals surface area contributed by atoms with Crippen LogP contribution in [0.2, 0.25) is 5.02 Å². The molecule has 0 saturated carbocycles. The van der Waals surface area contributed by atoms with Crippen LogP contribution in [0.1, 0.15) is 18.6 Å². The van der Waals surface area contributed by atoms with Crippen LogP contribution in [0, 0.1) is 5.82 Å². The SMILES string of the molecule is CC(OS(C)(=O)=O)c1ccc(Cl)cc1F. The second-order valence-electron chi connectivity index (χ2n) is 3.11. The first-order chi connectivity index (χ1) is 6.79. The van der Waals surface area contributed by atoms with E-state index in [9.17, 15) is 12.8 Å². The first-order valence-corrected chi connectivity index (χ1v) is 6.32. The Kier molecular flexibility index (Phi) is 3.70. The van der Waals surface area contributed by atoms with Crippen molar-refractivity contribution in [2.24, 2.45) is 0 Å². The maximum absolute atomic E-state index is 13.3. The third kappa shape index (κ3) is 3.77. The quantitative estimate of drug-likeness (QED) is 0.777. The molecular weight excluding hydrogens is 243 g/mol. The van der Waals surface area contributed by atoms with Gasteiger partial charge in [0.2, 0.25) is 0 Å². The van der Waals surface area contributed by atoms with Crippen LogP contribution in [0.5, 0.6) is 0 Å². The lowest BCUT2D eigenvalue weighted by Gasteiger charge is -2.12. The van der Waals surface area contributed by atoms with Crippen molar-refractivity contribution < 1.29 is 17.0 Å². The second-order valence-corrected chi connectivity index (χ2v) is 5.15. The van der Waals surface area contributed by atoms with Gasteiger partial charge in [-0.15, -0.1) is 0 Å². The summed E-state index contributed by atoms with van der Waals surface area (Å²) < 4.78 is 39.6. The second kappa shape index (κ2) is 4.47. The van der Waals surface area contributed by atoms with Gasteiger partial charge in [-0.1, -0.05) is 17.7 Å². The van der Waals surface area contributed by atoms with Crippen LogP contribution >= 0.6 is 11.6 Å². The molecule has 0 heterocycles. The fourth-order valence-electron chi connectivity index (χ4n) is 1.15. The Bertz CT molecular complexity index is 458. The van der Waals surface area contributed by atoms with E-state index < -0.39 is 22.0 Å². The number of hydrogen-bond acceptors (Lipinski definition) is 3. The number of rotatable bonds is 3. The monoisotopic (exact) mass is 252 g/mol. The fourth-order valence-corrected chi connectivity index (χ4v) is 1.93. The van der Waals surface area contributed by atoms with Gasteiger partial charge in [0.1, 0.15) is 11.9 Å². The smallest absolute Gasteiger partial charge is 0.262 e. The molecule has 3 nitrogen and oxygen atoms in total. The maximum Gasteiger partial charge on any atom is 0.264 e. The summed E-state index contributed by atoms with van der Waals surface area (Å²) in [5.41, 5.74) is 0.157. The minimum absolute atomic E-state index is 0.157. The van der Waals surface area contributed by atoms with Gasteiger partial charge in [-0.25, -0.2) is 4.39 Å². The van der Waals surface area contributed by atoms with Crippen molar-refractivity contribution in [3.63, 3.8) is 0 Å². The van der Waals surface area contributed by atoms with E-state index in [1.807, 2.05) is 0 Å². The molecule has 1 aromatic carbocycles. The summed E-state index contributed by atoms with van der Waals surface area (Å²) in [4.78, 5) is 0. The molecule has 1 atom stereocenters. The molecule has 0 aromatic heterocycles. The van der Waals surface area contributed by atoms with E-state index in [0.717, 1.165) is 12.3 Å². The van der Waals surface area contributed by atoms with Gasteiger partial charge >= 0.3 is 0 Å². The third-order valence-electron chi connectivity index (χ3n) is 1.72. The van der Waals surface area contributed by atoms with Crippen molar-refractivity contribution in [2.45, 2.75) is 13.0 Å². The Morgan fingerprint density at radius 2 is 2.07 bits per heavy atom. The van der Waals surface area contributed by atoms with Crippen LogP contribution in [0.3, 0.4) is 0 Å². The van der Waals surface area contributed by atoms with Gasteiger partial charge in [0.25, 0.3) is 10.1 Å². The van der Waals surface area contributed by atoms with Crippen molar-refractivity contribution in [2.75, 3.05) is 6.26 Å². The van der Waals surface area contributed by atoms with E-state index in [1.54, 1.807) is 0 Å². The van der Waals surface area contributed by atoms with E-state index in [0.29, 0.717) is 0 Å². The van der Waals surface area contributed by atoms with E-state index in [-0.39, 0.29) is 10.6 Å². The molecule has 1 aromatic rings. The Hall–Kier alpha value is -0.650. The average Bonchev–Trinajstić information content (AvgIpc) is 1.99. The molecule has 84 valence electrons. The Morgan fingerprint density at radius 1 is 1.47 bits per heavy atom. The van der Waals surface area contributed by atoms with Crippen molar-refractivity contribution in [3.8, 4) is 0 Å². The number of hydrogen-bond donors (Lipinski definition) is 0. The number of benzene rings is 1. The standard InChI is InChI=1S/C9H10ClFO3S/c1-6(14-15(2,12)13)8-4-3-7(10)5-9(8)11/h3-6H,1-2H3. The summed E-state index contributed by atoms with van der Waals surface area (Å²) >= 11 is 5.56. The molecule has 0 aliphatic rings. The van der Waals surface area contributed by atoms with Crippen LogP contribution in [0.25, 0.3) is 0 Å². The van der Waals surface area contributed by atoms with E-state index in [2.05, 4.69) is 4.18 Å². The lowest BCUT2D eigenvalue weighted by atomic mass is 10.1. The van der Waals surface area contributed by atoms with E-state index in [1.165, 1.54) is 19.1 Å². The van der Waals surface area contributed by atoms with Gasteiger partial charge in [0.05, 0.1) is 6.26 Å². The molecule has 6 heteroatoms. The van der Waals surface area contributed by atoms with Crippen LogP contribution in [-0.4, -0.2) is 14.7 Å². The van der Waals surface area contributed by atoms with Crippen LogP contribution in [0.15, 0.2) is 18.2 Å². The van der Waals surface area contributed by atoms with Crippen molar-refractivity contribution in [1.29, 1.82) is 0 Å². The zero-order chi connectivity index (χ0) is 11.6. The largest absolute Gasteiger partial charge is 0.264 e. The maximum atomic E-state index is 13.3. The van der Waals surface area contributed by atoms with Crippen molar-refractivity contribution in [3.05, 3.63) is 34.6 Å². The molecule has 15 heavy (non-hydrogen) atoms. The predicted octanol–water partition coefficient (Wildman–Crippen LogP) is 2.52. The highest BCUT2D eigenvalue weighted by Gasteiger charge is 2.16. The molecule has 0 saturated heterocycles. The molecule has 0 spiro atoms. The molecule has 0 amide bonds. The highest BCUT2D eigenvalue weighted by atomic mass is 35.5. The summed E-state index contributed by atoms with van der Waals surface area (Å²) in [5.74, 6) is -0.585. The lowest BCUT2D eigenvalue weighted by molar-refractivity contribution is 0.231. The van der Waals surface area contributed by atoms with Gasteiger partial charge < -0.3 is 0 Å². The highest BCUT2D eigenvalue weighted by Crippen LogP contribution is 2.24. The third-order valence-corrected chi connectivity index (χ3v) is 2.59. The molecule has 0 fully saturated rings. The molecule has 0 aliphatic carbocycles. The molecule has 1 rings (SSSR count). The molecule has 0 bridgehead atoms. The topological polar surface area (TPSA) is 43.4 Å². The predicted molar refractivity (Wildman–Crippen MR) is 55.8 cm³/mol. The van der Waals surface area contributed by atoms with Gasteiger partial charge in [-0.3, -0.25) is 4.18 Å². The average molecular weight is 253 g/mol. The lowest BCUT2D eigenvalue weighted by Crippen LogP contribution is -2.08. The summed E-state index contributed by atoms with van der Waals surface area (Å²) in [6.07, 6.45) is 0.0504. The molecular formula is C9H10ClFO3S. The van der Waals surface area contributed by atoms with Gasteiger partial charge in [0, 0.05) is 10.6 Å². The molecule has 0 aliphatic heterocycles. The first-order valence-electron chi connectivity index (χ1n) is 4.13. The first kappa shape index (κ1) is 12.4. The highest BCUT2D eigenvalue weighted by molar-refractivity contribution is 7.86. The normalized spacial score (nSPS) is 13.9. The minimum atomic E-state index is -3.60. The van der Waals surface area contributed by atoms with Crippen LogP contribution in [0.4, 0.5) is 4.39 Å². The van der Waals surface area contributed by atoms with Crippen molar-refractivity contribution >= 4 is 21.7 Å². The van der Waals surface area contributed by atoms with Gasteiger partial charge in [0.15, 0.2) is 0 Å². The van der Waals surface area contributed by atoms with Crippen LogP contribution < -0.4 is 0 Å². The zero-order valence-electron chi connectivity index (χ0n) is 8.20. The van der Waals surface area contributed by atoms with E-state index in [4.69, 9.17) is 11.6 Å². The molecule has 0 N–H and O–H groups in total. The van der Waals surface area contributed by atoms with Crippen molar-refractivity contribution in [1.82, 2.24) is 0 Å². The number of halogens is 2. The Labute approximate surface area is 92.9 Å². The zero-order valence-corrected chi connectivity index (χ0v) is 9.77. The Morgan fingerprint density at radius 3 is 2.53 bits per heavy atom. The fraction of sp³-hybridized carbons (Fsp3) is 0.333. The summed E-state index contributed by atoms with van der Waals surface area (Å²) in [5, 5.41) is 0.253. The summed E-state index contributed by atoms with van der Waals surface area (Å²) in [6, 6.07) is 3.98. The van der Waals surface area contributed by atoms with Gasteiger partial charge in [-0.2, -0.15) is 8.42 Å². The van der Waals surface area contributed by atoms with E-state index >= 15 is 0 Å². The molecule has 0 radical (unpaired) electrons. The van der Waals surface area contributed by atoms with Crippen LogP contribution in [-0.2, 0) is 14.3 Å².